The lowest BCUT2D eigenvalue weighted by Gasteiger charge is -2.19. The zero-order valence-electron chi connectivity index (χ0n) is 9.95. The van der Waals surface area contributed by atoms with Gasteiger partial charge < -0.3 is 15.5 Å². The topological polar surface area (TPSA) is 45.1 Å². The van der Waals surface area contributed by atoms with Crippen molar-refractivity contribution < 1.29 is 0 Å². The molecule has 1 aliphatic heterocycles. The van der Waals surface area contributed by atoms with E-state index in [1.165, 1.54) is 13.0 Å². The summed E-state index contributed by atoms with van der Waals surface area (Å²) in [7, 11) is 1.94. The molecule has 0 amide bonds. The molecule has 5 nitrogen and oxygen atoms in total. The maximum atomic E-state index is 4.29. The molecule has 0 unspecified atom stereocenters. The highest BCUT2D eigenvalue weighted by Crippen LogP contribution is 2.00. The first-order chi connectivity index (χ1) is 7.84. The lowest BCUT2D eigenvalue weighted by Crippen LogP contribution is -2.32. The summed E-state index contributed by atoms with van der Waals surface area (Å²) in [5, 5.41) is 11.0. The highest BCUT2D eigenvalue weighted by Gasteiger charge is 2.07. The molecule has 1 aromatic rings. The van der Waals surface area contributed by atoms with Crippen LogP contribution in [0.1, 0.15) is 6.42 Å². The van der Waals surface area contributed by atoms with Gasteiger partial charge in [0.2, 0.25) is 0 Å². The molecule has 1 aromatic heterocycles. The van der Waals surface area contributed by atoms with Gasteiger partial charge in [-0.2, -0.15) is 5.10 Å². The number of aromatic nitrogens is 2. The van der Waals surface area contributed by atoms with Crippen LogP contribution in [0.3, 0.4) is 0 Å². The quantitative estimate of drug-likeness (QED) is 0.761. The van der Waals surface area contributed by atoms with Gasteiger partial charge in [-0.1, -0.05) is 0 Å². The molecule has 0 bridgehead atoms. The van der Waals surface area contributed by atoms with E-state index in [1.54, 1.807) is 0 Å². The van der Waals surface area contributed by atoms with Crippen molar-refractivity contribution in [2.75, 3.05) is 44.6 Å². The number of hydrogen-bond acceptors (Lipinski definition) is 4. The summed E-state index contributed by atoms with van der Waals surface area (Å²) in [5.74, 6) is 0.968. The molecule has 2 heterocycles. The van der Waals surface area contributed by atoms with Crippen molar-refractivity contribution >= 4 is 5.82 Å². The number of rotatable bonds is 4. The first-order valence-corrected chi connectivity index (χ1v) is 6.01. The predicted molar refractivity (Wildman–Crippen MR) is 65.6 cm³/mol. The number of hydrogen-bond donors (Lipinski definition) is 2. The molecule has 16 heavy (non-hydrogen) atoms. The molecule has 1 aliphatic rings. The van der Waals surface area contributed by atoms with Crippen LogP contribution in [-0.2, 0) is 7.05 Å². The Morgan fingerprint density at radius 1 is 1.44 bits per heavy atom. The van der Waals surface area contributed by atoms with Crippen LogP contribution in [0.4, 0.5) is 5.82 Å². The fourth-order valence-electron chi connectivity index (χ4n) is 1.98. The van der Waals surface area contributed by atoms with Gasteiger partial charge in [0, 0.05) is 45.5 Å². The van der Waals surface area contributed by atoms with Crippen molar-refractivity contribution in [1.82, 2.24) is 20.0 Å². The second-order valence-corrected chi connectivity index (χ2v) is 4.25. The average Bonchev–Trinajstić information content (AvgIpc) is 2.54. The fraction of sp³-hybridized carbons (Fsp3) is 0.727. The van der Waals surface area contributed by atoms with E-state index in [1.807, 2.05) is 24.0 Å². The second-order valence-electron chi connectivity index (χ2n) is 4.25. The largest absolute Gasteiger partial charge is 0.367 e. The number of nitrogens with zero attached hydrogens (tertiary/aromatic N) is 3. The molecule has 2 rings (SSSR count). The number of anilines is 1. The van der Waals surface area contributed by atoms with Crippen LogP contribution in [0.25, 0.3) is 0 Å². The van der Waals surface area contributed by atoms with Gasteiger partial charge in [0.1, 0.15) is 5.82 Å². The molecule has 5 heteroatoms. The van der Waals surface area contributed by atoms with Gasteiger partial charge in [0.15, 0.2) is 0 Å². The van der Waals surface area contributed by atoms with E-state index in [0.717, 1.165) is 38.5 Å². The monoisotopic (exact) mass is 223 g/mol. The van der Waals surface area contributed by atoms with E-state index in [-0.39, 0.29) is 0 Å². The molecule has 1 saturated heterocycles. The molecule has 0 atom stereocenters. The summed E-state index contributed by atoms with van der Waals surface area (Å²) in [5.41, 5.74) is 0. The van der Waals surface area contributed by atoms with Crippen molar-refractivity contribution in [3.8, 4) is 0 Å². The van der Waals surface area contributed by atoms with Crippen molar-refractivity contribution in [2.24, 2.45) is 7.05 Å². The van der Waals surface area contributed by atoms with Crippen molar-refractivity contribution in [3.05, 3.63) is 12.3 Å². The van der Waals surface area contributed by atoms with Crippen molar-refractivity contribution in [1.29, 1.82) is 0 Å². The summed E-state index contributed by atoms with van der Waals surface area (Å²) >= 11 is 0. The summed E-state index contributed by atoms with van der Waals surface area (Å²) in [4.78, 5) is 2.50. The van der Waals surface area contributed by atoms with Crippen LogP contribution in [-0.4, -0.2) is 53.9 Å². The van der Waals surface area contributed by atoms with Crippen LogP contribution < -0.4 is 10.6 Å². The Morgan fingerprint density at radius 3 is 3.19 bits per heavy atom. The molecule has 0 spiro atoms. The Hall–Kier alpha value is -1.07. The fourth-order valence-corrected chi connectivity index (χ4v) is 1.98. The average molecular weight is 223 g/mol. The Balaban J connectivity index is 1.67. The molecule has 2 N–H and O–H groups in total. The number of nitrogens with one attached hydrogen (secondary N) is 2. The molecule has 90 valence electrons. The normalized spacial score (nSPS) is 18.3. The maximum absolute atomic E-state index is 4.29. The van der Waals surface area contributed by atoms with E-state index in [0.29, 0.717) is 0 Å². The Bertz CT molecular complexity index is 301. The van der Waals surface area contributed by atoms with E-state index in [4.69, 9.17) is 0 Å². The minimum absolute atomic E-state index is 0.968. The third-order valence-corrected chi connectivity index (χ3v) is 2.88. The highest BCUT2D eigenvalue weighted by molar-refractivity contribution is 5.31. The highest BCUT2D eigenvalue weighted by atomic mass is 15.3. The third kappa shape index (κ3) is 3.50. The van der Waals surface area contributed by atoms with E-state index in [2.05, 4.69) is 20.6 Å². The molecule has 0 radical (unpaired) electrons. The van der Waals surface area contributed by atoms with Crippen LogP contribution in [0.15, 0.2) is 12.3 Å². The minimum Gasteiger partial charge on any atom is -0.367 e. The van der Waals surface area contributed by atoms with Crippen LogP contribution in [0, 0.1) is 0 Å². The Kier molecular flexibility index (Phi) is 4.18. The standard InChI is InChI=1S/C11H21N5/c1-15-8-3-11(14-15)13-6-10-16-7-2-4-12-5-9-16/h3,8,12H,2,4-7,9-10H2,1H3,(H,13,14). The van der Waals surface area contributed by atoms with Gasteiger partial charge in [0.25, 0.3) is 0 Å². The molecular formula is C11H21N5. The van der Waals surface area contributed by atoms with Gasteiger partial charge in [-0.25, -0.2) is 0 Å². The van der Waals surface area contributed by atoms with Gasteiger partial charge in [-0.05, 0) is 19.5 Å². The minimum atomic E-state index is 0.968. The van der Waals surface area contributed by atoms with Crippen LogP contribution >= 0.6 is 0 Å². The zero-order valence-corrected chi connectivity index (χ0v) is 9.95. The first-order valence-electron chi connectivity index (χ1n) is 6.01. The van der Waals surface area contributed by atoms with Crippen LogP contribution in [0.2, 0.25) is 0 Å². The lowest BCUT2D eigenvalue weighted by atomic mass is 10.4. The van der Waals surface area contributed by atoms with E-state index in [9.17, 15) is 0 Å². The Morgan fingerprint density at radius 2 is 2.38 bits per heavy atom. The summed E-state index contributed by atoms with van der Waals surface area (Å²) in [6.07, 6.45) is 3.21. The molecule has 0 aromatic carbocycles. The van der Waals surface area contributed by atoms with Gasteiger partial charge >= 0.3 is 0 Å². The van der Waals surface area contributed by atoms with E-state index < -0.39 is 0 Å². The van der Waals surface area contributed by atoms with Gasteiger partial charge in [-0.15, -0.1) is 0 Å². The van der Waals surface area contributed by atoms with Crippen molar-refractivity contribution in [3.63, 3.8) is 0 Å². The second kappa shape index (κ2) is 5.86. The maximum Gasteiger partial charge on any atom is 0.148 e. The van der Waals surface area contributed by atoms with Gasteiger partial charge in [0.05, 0.1) is 0 Å². The van der Waals surface area contributed by atoms with Gasteiger partial charge in [-0.3, -0.25) is 4.68 Å². The zero-order chi connectivity index (χ0) is 11.2. The van der Waals surface area contributed by atoms with Crippen molar-refractivity contribution in [2.45, 2.75) is 6.42 Å². The first kappa shape index (κ1) is 11.4. The van der Waals surface area contributed by atoms with E-state index >= 15 is 0 Å². The Labute approximate surface area is 96.8 Å². The lowest BCUT2D eigenvalue weighted by molar-refractivity contribution is 0.304. The predicted octanol–water partition coefficient (Wildman–Crippen LogP) is 0.127. The SMILES string of the molecule is Cn1ccc(NCCN2CCCNCC2)n1. The molecule has 1 fully saturated rings. The molecule has 0 saturated carbocycles. The summed E-state index contributed by atoms with van der Waals surface area (Å²) in [6.45, 7) is 6.70. The van der Waals surface area contributed by atoms with Crippen LogP contribution in [0.5, 0.6) is 0 Å². The summed E-state index contributed by atoms with van der Waals surface area (Å²) < 4.78 is 1.82. The molecular weight excluding hydrogens is 202 g/mol. The summed E-state index contributed by atoms with van der Waals surface area (Å²) in [6, 6.07) is 2.00. The molecule has 0 aliphatic carbocycles. The smallest absolute Gasteiger partial charge is 0.148 e. The third-order valence-electron chi connectivity index (χ3n) is 2.88. The number of aryl methyl sites for hydroxylation is 1.